The van der Waals surface area contributed by atoms with Crippen molar-refractivity contribution < 1.29 is 19.4 Å². The van der Waals surface area contributed by atoms with Crippen molar-refractivity contribution in [1.29, 1.82) is 0 Å². The number of nitrogens with zero attached hydrogens (tertiary/aromatic N) is 2. The second-order valence-corrected chi connectivity index (χ2v) is 11.6. The molecule has 8 heteroatoms. The molecule has 1 aromatic heterocycles. The molecule has 2 unspecified atom stereocenters. The van der Waals surface area contributed by atoms with Gasteiger partial charge >= 0.3 is 0 Å². The number of nitrogens with one attached hydrogen (secondary N) is 1. The fourth-order valence-electron chi connectivity index (χ4n) is 5.84. The number of rotatable bonds is 6. The van der Waals surface area contributed by atoms with E-state index in [0.29, 0.717) is 24.9 Å². The van der Waals surface area contributed by atoms with Gasteiger partial charge in [0.15, 0.2) is 0 Å². The molecule has 2 N–H and O–H groups in total. The number of halogens is 1. The summed E-state index contributed by atoms with van der Waals surface area (Å²) >= 11 is 6.71. The van der Waals surface area contributed by atoms with E-state index < -0.39 is 6.10 Å². The SMILES string of the molecule is COC(C)(C)C1CC1C(=O)Nc1cc2cc(C3CCN([C@@]4(C)COC[C@H]4O)CC3)c(Cl)cc2cn1. The van der Waals surface area contributed by atoms with Gasteiger partial charge in [0.25, 0.3) is 0 Å². The number of piperidine rings is 1. The Morgan fingerprint density at radius 2 is 2.03 bits per heavy atom. The highest BCUT2D eigenvalue weighted by Gasteiger charge is 2.52. The molecule has 2 aliphatic heterocycles. The van der Waals surface area contributed by atoms with Crippen molar-refractivity contribution >= 4 is 34.1 Å². The lowest BCUT2D eigenvalue weighted by molar-refractivity contribution is -0.118. The fraction of sp³-hybridized carbons (Fsp3) is 0.630. The van der Waals surface area contributed by atoms with Crippen LogP contribution in [0.15, 0.2) is 24.4 Å². The lowest BCUT2D eigenvalue weighted by Crippen LogP contribution is -2.56. The van der Waals surface area contributed by atoms with Crippen molar-refractivity contribution in [2.45, 2.75) is 63.2 Å². The van der Waals surface area contributed by atoms with Gasteiger partial charge in [-0.3, -0.25) is 9.69 Å². The van der Waals surface area contributed by atoms with Gasteiger partial charge in [-0.05, 0) is 94.1 Å². The van der Waals surface area contributed by atoms with Crippen LogP contribution in [0.5, 0.6) is 0 Å². The molecule has 7 nitrogen and oxygen atoms in total. The van der Waals surface area contributed by atoms with Crippen LogP contribution in [0.2, 0.25) is 5.02 Å². The molecule has 1 amide bonds. The number of benzene rings is 1. The monoisotopic (exact) mass is 501 g/mol. The van der Waals surface area contributed by atoms with Crippen molar-refractivity contribution in [3.8, 4) is 0 Å². The number of carbonyl (C=O) groups is 1. The van der Waals surface area contributed by atoms with Gasteiger partial charge < -0.3 is 19.9 Å². The number of hydrogen-bond acceptors (Lipinski definition) is 6. The third kappa shape index (κ3) is 4.69. The second kappa shape index (κ2) is 9.27. The number of pyridine rings is 1. The molecule has 1 saturated carbocycles. The molecule has 35 heavy (non-hydrogen) atoms. The van der Waals surface area contributed by atoms with Gasteiger partial charge in [-0.1, -0.05) is 11.6 Å². The van der Waals surface area contributed by atoms with Crippen LogP contribution < -0.4 is 5.32 Å². The zero-order chi connectivity index (χ0) is 25.0. The van der Waals surface area contributed by atoms with Crippen LogP contribution in [-0.4, -0.2) is 71.6 Å². The van der Waals surface area contributed by atoms with Crippen LogP contribution in [0.3, 0.4) is 0 Å². The first kappa shape index (κ1) is 24.9. The Balaban J connectivity index is 1.28. The lowest BCUT2D eigenvalue weighted by atomic mass is 9.85. The van der Waals surface area contributed by atoms with Gasteiger partial charge in [-0.25, -0.2) is 4.98 Å². The predicted molar refractivity (Wildman–Crippen MR) is 137 cm³/mol. The molecule has 2 saturated heterocycles. The van der Waals surface area contributed by atoms with Gasteiger partial charge in [-0.15, -0.1) is 0 Å². The van der Waals surface area contributed by atoms with E-state index in [2.05, 4.69) is 28.2 Å². The summed E-state index contributed by atoms with van der Waals surface area (Å²) < 4.78 is 11.1. The largest absolute Gasteiger partial charge is 0.389 e. The van der Waals surface area contributed by atoms with Gasteiger partial charge in [0.2, 0.25) is 5.91 Å². The molecule has 0 spiro atoms. The molecule has 0 bridgehead atoms. The average Bonchev–Trinajstić information content (AvgIpc) is 3.59. The second-order valence-electron chi connectivity index (χ2n) is 11.2. The maximum atomic E-state index is 12.8. The molecular weight excluding hydrogens is 466 g/mol. The van der Waals surface area contributed by atoms with E-state index in [-0.39, 0.29) is 28.9 Å². The Kier molecular flexibility index (Phi) is 6.60. The van der Waals surface area contributed by atoms with Crippen molar-refractivity contribution in [2.75, 3.05) is 38.7 Å². The molecule has 1 aliphatic carbocycles. The number of aliphatic hydroxyl groups is 1. The predicted octanol–water partition coefficient (Wildman–Crippen LogP) is 4.22. The number of carbonyl (C=O) groups excluding carboxylic acids is 1. The summed E-state index contributed by atoms with van der Waals surface area (Å²) in [5, 5.41) is 16.1. The first-order valence-electron chi connectivity index (χ1n) is 12.6. The van der Waals surface area contributed by atoms with E-state index in [1.165, 1.54) is 0 Å². The molecule has 4 atom stereocenters. The number of ether oxygens (including phenoxy) is 2. The summed E-state index contributed by atoms with van der Waals surface area (Å²) in [6.45, 7) is 8.92. The van der Waals surface area contributed by atoms with E-state index in [4.69, 9.17) is 21.1 Å². The van der Waals surface area contributed by atoms with Crippen LogP contribution in [0.25, 0.3) is 10.8 Å². The van der Waals surface area contributed by atoms with Gasteiger partial charge in [0.1, 0.15) is 5.82 Å². The summed E-state index contributed by atoms with van der Waals surface area (Å²) in [6.07, 6.45) is 4.10. The zero-order valence-electron chi connectivity index (χ0n) is 21.0. The van der Waals surface area contributed by atoms with E-state index in [0.717, 1.165) is 53.7 Å². The standard InChI is InChI=1S/C27H36ClN3O4/c1-26(2,34-4)21-12-20(21)25(33)30-24-11-17-9-19(22(28)10-18(17)13-29-24)16-5-7-31(8-6-16)27(3)15-35-14-23(27)32/h9-11,13,16,20-21,23,32H,5-8,12,14-15H2,1-4H3,(H,29,30,33)/t20?,21?,23-,27+/m1/s1. The minimum absolute atomic E-state index is 0.000101. The van der Waals surface area contributed by atoms with Crippen LogP contribution in [0, 0.1) is 11.8 Å². The molecule has 0 radical (unpaired) electrons. The average molecular weight is 502 g/mol. The van der Waals surface area contributed by atoms with Crippen molar-refractivity contribution in [3.05, 3.63) is 35.0 Å². The topological polar surface area (TPSA) is 83.9 Å². The van der Waals surface area contributed by atoms with Crippen LogP contribution >= 0.6 is 11.6 Å². The number of aromatic nitrogens is 1. The van der Waals surface area contributed by atoms with E-state index in [9.17, 15) is 9.90 Å². The van der Waals surface area contributed by atoms with Crippen molar-refractivity contribution in [2.24, 2.45) is 11.8 Å². The number of aliphatic hydroxyl groups excluding tert-OH is 1. The Hall–Kier alpha value is -1.77. The molecule has 1 aromatic carbocycles. The number of likely N-dealkylation sites (tertiary alicyclic amines) is 1. The zero-order valence-corrected chi connectivity index (χ0v) is 21.8. The van der Waals surface area contributed by atoms with Gasteiger partial charge in [0.05, 0.1) is 30.5 Å². The maximum Gasteiger partial charge on any atom is 0.229 e. The van der Waals surface area contributed by atoms with Crippen LogP contribution in [-0.2, 0) is 14.3 Å². The van der Waals surface area contributed by atoms with Crippen molar-refractivity contribution in [1.82, 2.24) is 9.88 Å². The minimum Gasteiger partial charge on any atom is -0.389 e. The summed E-state index contributed by atoms with van der Waals surface area (Å²) in [7, 11) is 1.69. The lowest BCUT2D eigenvalue weighted by Gasteiger charge is -2.43. The third-order valence-electron chi connectivity index (χ3n) is 8.68. The van der Waals surface area contributed by atoms with Gasteiger partial charge in [-0.2, -0.15) is 0 Å². The highest BCUT2D eigenvalue weighted by atomic mass is 35.5. The van der Waals surface area contributed by atoms with Crippen molar-refractivity contribution in [3.63, 3.8) is 0 Å². The Morgan fingerprint density at radius 3 is 2.69 bits per heavy atom. The quantitative estimate of drug-likeness (QED) is 0.616. The number of hydrogen-bond donors (Lipinski definition) is 2. The summed E-state index contributed by atoms with van der Waals surface area (Å²) in [5.74, 6) is 1.10. The summed E-state index contributed by atoms with van der Waals surface area (Å²) in [6, 6.07) is 6.07. The summed E-state index contributed by atoms with van der Waals surface area (Å²) in [5.41, 5.74) is 0.524. The molecule has 3 aliphatic rings. The van der Waals surface area contributed by atoms with Crippen LogP contribution in [0.4, 0.5) is 5.82 Å². The Morgan fingerprint density at radius 1 is 1.29 bits per heavy atom. The number of fused-ring (bicyclic) bond motifs is 1. The van der Waals surface area contributed by atoms with Gasteiger partial charge in [0, 0.05) is 29.6 Å². The molecule has 3 heterocycles. The molecule has 190 valence electrons. The van der Waals surface area contributed by atoms with Crippen LogP contribution in [0.1, 0.15) is 51.5 Å². The molecule has 3 fully saturated rings. The number of methoxy groups -OCH3 is 1. The molecule has 5 rings (SSSR count). The first-order valence-corrected chi connectivity index (χ1v) is 13.0. The highest BCUT2D eigenvalue weighted by Crippen LogP contribution is 2.48. The maximum absolute atomic E-state index is 12.8. The number of amides is 1. The first-order chi connectivity index (χ1) is 16.6. The minimum atomic E-state index is -0.448. The molecule has 2 aromatic rings. The smallest absolute Gasteiger partial charge is 0.229 e. The summed E-state index contributed by atoms with van der Waals surface area (Å²) in [4.78, 5) is 19.6. The number of anilines is 1. The Bertz CT molecular complexity index is 1120. The Labute approximate surface area is 212 Å². The normalized spacial score (nSPS) is 30.1. The highest BCUT2D eigenvalue weighted by molar-refractivity contribution is 6.32. The van der Waals surface area contributed by atoms with E-state index in [1.807, 2.05) is 26.0 Å². The van der Waals surface area contributed by atoms with E-state index >= 15 is 0 Å². The van der Waals surface area contributed by atoms with E-state index in [1.54, 1.807) is 13.3 Å². The molecular formula is C27H36ClN3O4. The third-order valence-corrected chi connectivity index (χ3v) is 9.01. The fourth-order valence-corrected chi connectivity index (χ4v) is 6.17.